The molecule has 0 amide bonds. The van der Waals surface area contributed by atoms with Gasteiger partial charge < -0.3 is 15.7 Å². The minimum absolute atomic E-state index is 0.299. The molecule has 0 radical (unpaired) electrons. The van der Waals surface area contributed by atoms with Gasteiger partial charge in [0.15, 0.2) is 0 Å². The van der Waals surface area contributed by atoms with Crippen molar-refractivity contribution in [1.82, 2.24) is 4.90 Å². The standard InChI is InChI=1S/C15H18N2OS/c1-17(2)10-11-6-5-8-13(18)15(11)19-14-9-4-3-7-12(14)16/h3-9,18H,10,16H2,1-2H3. The van der Waals surface area contributed by atoms with Gasteiger partial charge in [-0.05, 0) is 37.9 Å². The molecule has 0 heterocycles. The summed E-state index contributed by atoms with van der Waals surface area (Å²) in [5, 5.41) is 10.1. The highest BCUT2D eigenvalue weighted by Crippen LogP contribution is 2.39. The molecule has 0 saturated heterocycles. The van der Waals surface area contributed by atoms with Crippen LogP contribution in [0.4, 0.5) is 5.69 Å². The normalized spacial score (nSPS) is 10.9. The molecule has 0 unspecified atom stereocenters. The van der Waals surface area contributed by atoms with Crippen LogP contribution >= 0.6 is 11.8 Å². The molecule has 3 nitrogen and oxygen atoms in total. The zero-order valence-corrected chi connectivity index (χ0v) is 11.9. The fourth-order valence-corrected chi connectivity index (χ4v) is 2.83. The van der Waals surface area contributed by atoms with E-state index in [9.17, 15) is 5.11 Å². The van der Waals surface area contributed by atoms with Crippen LogP contribution in [0.1, 0.15) is 5.56 Å². The molecule has 2 aromatic carbocycles. The zero-order chi connectivity index (χ0) is 13.8. The lowest BCUT2D eigenvalue weighted by Gasteiger charge is -2.15. The Morgan fingerprint density at radius 3 is 2.53 bits per heavy atom. The summed E-state index contributed by atoms with van der Waals surface area (Å²) in [5.74, 6) is 0.299. The lowest BCUT2D eigenvalue weighted by Crippen LogP contribution is -2.11. The topological polar surface area (TPSA) is 49.5 Å². The number of nitrogens with two attached hydrogens (primary N) is 1. The van der Waals surface area contributed by atoms with Crippen molar-refractivity contribution in [2.24, 2.45) is 0 Å². The molecule has 100 valence electrons. The van der Waals surface area contributed by atoms with Gasteiger partial charge in [-0.2, -0.15) is 0 Å². The van der Waals surface area contributed by atoms with Crippen LogP contribution in [0, 0.1) is 0 Å². The number of nitrogens with zero attached hydrogens (tertiary/aromatic N) is 1. The highest BCUT2D eigenvalue weighted by molar-refractivity contribution is 7.99. The van der Waals surface area contributed by atoms with Crippen molar-refractivity contribution in [1.29, 1.82) is 0 Å². The molecule has 2 aromatic rings. The zero-order valence-electron chi connectivity index (χ0n) is 11.1. The SMILES string of the molecule is CN(C)Cc1cccc(O)c1Sc1ccccc1N. The van der Waals surface area contributed by atoms with E-state index in [-0.39, 0.29) is 0 Å². The fourth-order valence-electron chi connectivity index (χ4n) is 1.84. The Labute approximate surface area is 118 Å². The molecule has 2 rings (SSSR count). The lowest BCUT2D eigenvalue weighted by molar-refractivity contribution is 0.394. The van der Waals surface area contributed by atoms with E-state index in [1.807, 2.05) is 50.5 Å². The van der Waals surface area contributed by atoms with E-state index in [0.29, 0.717) is 5.75 Å². The highest BCUT2D eigenvalue weighted by atomic mass is 32.2. The first-order chi connectivity index (χ1) is 9.08. The summed E-state index contributed by atoms with van der Waals surface area (Å²) in [6.45, 7) is 0.781. The second kappa shape index (κ2) is 5.99. The van der Waals surface area contributed by atoms with Gasteiger partial charge in [-0.15, -0.1) is 0 Å². The molecule has 0 saturated carbocycles. The largest absolute Gasteiger partial charge is 0.507 e. The van der Waals surface area contributed by atoms with Gasteiger partial charge in [0.2, 0.25) is 0 Å². The fraction of sp³-hybridized carbons (Fsp3) is 0.200. The van der Waals surface area contributed by atoms with Crippen molar-refractivity contribution in [3.8, 4) is 5.75 Å². The quantitative estimate of drug-likeness (QED) is 0.841. The average molecular weight is 274 g/mol. The van der Waals surface area contributed by atoms with Gasteiger partial charge in [-0.3, -0.25) is 0 Å². The van der Waals surface area contributed by atoms with Crippen molar-refractivity contribution in [3.05, 3.63) is 48.0 Å². The van der Waals surface area contributed by atoms with E-state index in [2.05, 4.69) is 4.90 Å². The smallest absolute Gasteiger partial charge is 0.129 e. The molecule has 19 heavy (non-hydrogen) atoms. The monoisotopic (exact) mass is 274 g/mol. The van der Waals surface area contributed by atoms with Crippen LogP contribution in [0.3, 0.4) is 0 Å². The first-order valence-electron chi connectivity index (χ1n) is 6.06. The Morgan fingerprint density at radius 1 is 1.11 bits per heavy atom. The number of hydrogen-bond donors (Lipinski definition) is 2. The molecular formula is C15H18N2OS. The van der Waals surface area contributed by atoms with Gasteiger partial charge in [-0.25, -0.2) is 0 Å². The molecule has 0 aliphatic rings. The first-order valence-corrected chi connectivity index (χ1v) is 6.87. The van der Waals surface area contributed by atoms with Crippen LogP contribution in [0.2, 0.25) is 0 Å². The number of phenols is 1. The van der Waals surface area contributed by atoms with E-state index in [0.717, 1.165) is 27.6 Å². The average Bonchev–Trinajstić information content (AvgIpc) is 2.35. The Morgan fingerprint density at radius 2 is 1.84 bits per heavy atom. The number of aromatic hydroxyl groups is 1. The minimum atomic E-state index is 0.299. The third kappa shape index (κ3) is 3.43. The van der Waals surface area contributed by atoms with Crippen LogP contribution in [0.25, 0.3) is 0 Å². The van der Waals surface area contributed by atoms with Gasteiger partial charge in [0.05, 0.1) is 4.90 Å². The third-order valence-corrected chi connectivity index (χ3v) is 3.96. The number of phenolic OH excluding ortho intramolecular Hbond substituents is 1. The summed E-state index contributed by atoms with van der Waals surface area (Å²) >= 11 is 1.51. The second-order valence-electron chi connectivity index (χ2n) is 4.64. The molecule has 4 heteroatoms. The van der Waals surface area contributed by atoms with Crippen LogP contribution in [-0.4, -0.2) is 24.1 Å². The van der Waals surface area contributed by atoms with Gasteiger partial charge in [0.25, 0.3) is 0 Å². The summed E-state index contributed by atoms with van der Waals surface area (Å²) in [7, 11) is 4.02. The van der Waals surface area contributed by atoms with Crippen LogP contribution < -0.4 is 5.73 Å². The van der Waals surface area contributed by atoms with Gasteiger partial charge >= 0.3 is 0 Å². The van der Waals surface area contributed by atoms with Crippen molar-refractivity contribution in [3.63, 3.8) is 0 Å². The summed E-state index contributed by atoms with van der Waals surface area (Å²) in [6.07, 6.45) is 0. The molecule has 0 aliphatic heterocycles. The maximum absolute atomic E-state index is 10.1. The maximum Gasteiger partial charge on any atom is 0.129 e. The van der Waals surface area contributed by atoms with Gasteiger partial charge in [0, 0.05) is 17.1 Å². The number of anilines is 1. The molecule has 0 bridgehead atoms. The molecule has 0 aromatic heterocycles. The summed E-state index contributed by atoms with van der Waals surface area (Å²) in [4.78, 5) is 3.91. The van der Waals surface area contributed by atoms with E-state index in [1.165, 1.54) is 11.8 Å². The Bertz CT molecular complexity index is 570. The summed E-state index contributed by atoms with van der Waals surface area (Å²) < 4.78 is 0. The van der Waals surface area contributed by atoms with E-state index in [4.69, 9.17) is 5.73 Å². The number of rotatable bonds is 4. The van der Waals surface area contributed by atoms with Crippen molar-refractivity contribution < 1.29 is 5.11 Å². The number of para-hydroxylation sites is 1. The third-order valence-electron chi connectivity index (χ3n) is 2.69. The van der Waals surface area contributed by atoms with Crippen LogP contribution in [-0.2, 0) is 6.54 Å². The maximum atomic E-state index is 10.1. The molecule has 0 fully saturated rings. The molecular weight excluding hydrogens is 256 g/mol. The Kier molecular flexibility index (Phi) is 4.35. The molecule has 0 atom stereocenters. The van der Waals surface area contributed by atoms with Crippen LogP contribution in [0.15, 0.2) is 52.3 Å². The Hall–Kier alpha value is -1.65. The highest BCUT2D eigenvalue weighted by Gasteiger charge is 2.11. The molecule has 0 spiro atoms. The number of nitrogen functional groups attached to an aromatic ring is 1. The predicted octanol–water partition coefficient (Wildman–Crippen LogP) is 3.19. The molecule has 0 aliphatic carbocycles. The van der Waals surface area contributed by atoms with Crippen molar-refractivity contribution in [2.45, 2.75) is 16.3 Å². The predicted molar refractivity (Wildman–Crippen MR) is 80.5 cm³/mol. The van der Waals surface area contributed by atoms with Gasteiger partial charge in [0.1, 0.15) is 5.75 Å². The minimum Gasteiger partial charge on any atom is -0.507 e. The van der Waals surface area contributed by atoms with Crippen LogP contribution in [0.5, 0.6) is 5.75 Å². The van der Waals surface area contributed by atoms with E-state index < -0.39 is 0 Å². The number of benzene rings is 2. The lowest BCUT2D eigenvalue weighted by atomic mass is 10.2. The summed E-state index contributed by atoms with van der Waals surface area (Å²) in [6, 6.07) is 13.3. The van der Waals surface area contributed by atoms with Crippen molar-refractivity contribution in [2.75, 3.05) is 19.8 Å². The van der Waals surface area contributed by atoms with E-state index >= 15 is 0 Å². The second-order valence-corrected chi connectivity index (χ2v) is 5.70. The first kappa shape index (κ1) is 13.8. The number of hydrogen-bond acceptors (Lipinski definition) is 4. The Balaban J connectivity index is 2.36. The van der Waals surface area contributed by atoms with E-state index in [1.54, 1.807) is 6.07 Å². The van der Waals surface area contributed by atoms with Gasteiger partial charge in [-0.1, -0.05) is 36.0 Å². The van der Waals surface area contributed by atoms with Crippen molar-refractivity contribution >= 4 is 17.4 Å². The molecule has 3 N–H and O–H groups in total. The summed E-state index contributed by atoms with van der Waals surface area (Å²) in [5.41, 5.74) is 7.78.